The van der Waals surface area contributed by atoms with Gasteiger partial charge in [0.1, 0.15) is 5.75 Å². The van der Waals surface area contributed by atoms with Crippen LogP contribution in [0.3, 0.4) is 0 Å². The Hall–Kier alpha value is -1.31. The Labute approximate surface area is 160 Å². The summed E-state index contributed by atoms with van der Waals surface area (Å²) in [6.07, 6.45) is 4.94. The van der Waals surface area contributed by atoms with E-state index in [2.05, 4.69) is 4.72 Å². The molecule has 0 saturated carbocycles. The van der Waals surface area contributed by atoms with Gasteiger partial charge in [-0.1, -0.05) is 11.6 Å². The molecule has 1 aromatic carbocycles. The molecular formula is C18H27ClN2O4S. The average Bonchev–Trinajstić information content (AvgIpc) is 2.58. The number of piperidine rings is 1. The summed E-state index contributed by atoms with van der Waals surface area (Å²) in [7, 11) is -3.25. The van der Waals surface area contributed by atoms with Gasteiger partial charge in [-0.25, -0.2) is 13.1 Å². The van der Waals surface area contributed by atoms with Gasteiger partial charge in [0.25, 0.3) is 0 Å². The molecule has 0 bridgehead atoms. The number of likely N-dealkylation sites (tertiary alicyclic amines) is 1. The van der Waals surface area contributed by atoms with E-state index < -0.39 is 10.0 Å². The van der Waals surface area contributed by atoms with Gasteiger partial charge >= 0.3 is 0 Å². The number of amides is 1. The van der Waals surface area contributed by atoms with Crippen LogP contribution >= 0.6 is 11.6 Å². The molecule has 6 nitrogen and oxygen atoms in total. The van der Waals surface area contributed by atoms with Crippen molar-refractivity contribution in [3.8, 4) is 5.75 Å². The van der Waals surface area contributed by atoms with E-state index in [0.717, 1.165) is 36.8 Å². The number of aryl methyl sites for hydroxylation is 1. The summed E-state index contributed by atoms with van der Waals surface area (Å²) in [5, 5.41) is 0.670. The number of benzene rings is 1. The Kier molecular flexibility index (Phi) is 7.73. The van der Waals surface area contributed by atoms with Gasteiger partial charge in [0.2, 0.25) is 15.9 Å². The maximum Gasteiger partial charge on any atom is 0.222 e. The van der Waals surface area contributed by atoms with Gasteiger partial charge in [-0.15, -0.1) is 0 Å². The zero-order chi connectivity index (χ0) is 19.2. The number of carbonyl (C=O) groups excluding carboxylic acids is 1. The number of ether oxygens (including phenoxy) is 1. The van der Waals surface area contributed by atoms with E-state index in [1.165, 1.54) is 0 Å². The Balaban J connectivity index is 1.79. The third-order valence-corrected chi connectivity index (χ3v) is 5.38. The van der Waals surface area contributed by atoms with Crippen molar-refractivity contribution in [2.75, 3.05) is 26.0 Å². The maximum atomic E-state index is 12.5. The minimum Gasteiger partial charge on any atom is -0.493 e. The topological polar surface area (TPSA) is 75.7 Å². The molecular weight excluding hydrogens is 376 g/mol. The first kappa shape index (κ1) is 21.0. The van der Waals surface area contributed by atoms with Gasteiger partial charge in [0, 0.05) is 30.6 Å². The first-order valence-electron chi connectivity index (χ1n) is 8.89. The molecule has 0 radical (unpaired) electrons. The van der Waals surface area contributed by atoms with Crippen molar-refractivity contribution in [1.82, 2.24) is 9.62 Å². The fourth-order valence-corrected chi connectivity index (χ4v) is 3.83. The fourth-order valence-electron chi connectivity index (χ4n) is 3.11. The normalized spacial score (nSPS) is 18.0. The first-order chi connectivity index (χ1) is 12.3. The molecule has 1 aromatic rings. The summed E-state index contributed by atoms with van der Waals surface area (Å²) in [5.74, 6) is 0.830. The van der Waals surface area contributed by atoms with Crippen LogP contribution in [-0.2, 0) is 14.8 Å². The minimum atomic E-state index is -3.25. The van der Waals surface area contributed by atoms with Gasteiger partial charge < -0.3 is 9.64 Å². The molecule has 1 saturated heterocycles. The zero-order valence-electron chi connectivity index (χ0n) is 15.3. The first-order valence-corrected chi connectivity index (χ1v) is 11.2. The van der Waals surface area contributed by atoms with Gasteiger partial charge in [-0.3, -0.25) is 4.79 Å². The molecule has 1 heterocycles. The van der Waals surface area contributed by atoms with Crippen molar-refractivity contribution in [1.29, 1.82) is 0 Å². The van der Waals surface area contributed by atoms with Crippen molar-refractivity contribution >= 4 is 27.5 Å². The van der Waals surface area contributed by atoms with Crippen molar-refractivity contribution in [3.05, 3.63) is 28.8 Å². The lowest BCUT2D eigenvalue weighted by Crippen LogP contribution is -2.49. The Bertz CT molecular complexity index is 724. The molecule has 1 atom stereocenters. The number of hydrogen-bond acceptors (Lipinski definition) is 4. The van der Waals surface area contributed by atoms with E-state index in [0.29, 0.717) is 31.0 Å². The predicted molar refractivity (Wildman–Crippen MR) is 103 cm³/mol. The Morgan fingerprint density at radius 3 is 2.85 bits per heavy atom. The van der Waals surface area contributed by atoms with Crippen LogP contribution in [0, 0.1) is 6.92 Å². The second-order valence-electron chi connectivity index (χ2n) is 6.72. The molecule has 146 valence electrons. The van der Waals surface area contributed by atoms with Crippen molar-refractivity contribution in [2.45, 2.75) is 45.1 Å². The fraction of sp³-hybridized carbons (Fsp3) is 0.611. The van der Waals surface area contributed by atoms with Gasteiger partial charge in [0.15, 0.2) is 0 Å². The second kappa shape index (κ2) is 9.58. The van der Waals surface area contributed by atoms with E-state index >= 15 is 0 Å². The maximum absolute atomic E-state index is 12.5. The van der Waals surface area contributed by atoms with Crippen LogP contribution in [0.1, 0.15) is 37.7 Å². The third-order valence-electron chi connectivity index (χ3n) is 4.46. The van der Waals surface area contributed by atoms with Crippen LogP contribution in [0.15, 0.2) is 18.2 Å². The SMILES string of the molecule is Cc1cc(Cl)ccc1OCCCC(=O)N1CCCCC1CNS(C)(=O)=O. The number of sulfonamides is 1. The van der Waals surface area contributed by atoms with Crippen molar-refractivity contribution < 1.29 is 17.9 Å². The molecule has 0 spiro atoms. The minimum absolute atomic E-state index is 0.0569. The van der Waals surface area contributed by atoms with E-state index in [-0.39, 0.29) is 18.5 Å². The predicted octanol–water partition coefficient (Wildman–Crippen LogP) is 2.74. The standard InChI is InChI=1S/C18H27ClN2O4S/c1-14-12-15(19)8-9-17(14)25-11-5-7-18(22)21-10-4-3-6-16(21)13-20-26(2,23)24/h8-9,12,16,20H,3-7,10-11,13H2,1-2H3. The molecule has 8 heteroatoms. The highest BCUT2D eigenvalue weighted by Gasteiger charge is 2.26. The highest BCUT2D eigenvalue weighted by Crippen LogP contribution is 2.22. The molecule has 1 amide bonds. The molecule has 1 aliphatic heterocycles. The summed E-state index contributed by atoms with van der Waals surface area (Å²) in [4.78, 5) is 14.3. The van der Waals surface area contributed by atoms with Crippen LogP contribution in [0.2, 0.25) is 5.02 Å². The molecule has 0 aliphatic carbocycles. The summed E-state index contributed by atoms with van der Waals surface area (Å²) in [5.41, 5.74) is 0.965. The lowest BCUT2D eigenvalue weighted by Gasteiger charge is -2.36. The van der Waals surface area contributed by atoms with Gasteiger partial charge in [0.05, 0.1) is 12.9 Å². The summed E-state index contributed by atoms with van der Waals surface area (Å²) < 4.78 is 30.9. The van der Waals surface area contributed by atoms with Crippen LogP contribution in [-0.4, -0.2) is 51.2 Å². The summed E-state index contributed by atoms with van der Waals surface area (Å²) in [6.45, 7) is 3.35. The van der Waals surface area contributed by atoms with Crippen LogP contribution in [0.25, 0.3) is 0 Å². The van der Waals surface area contributed by atoms with E-state index in [1.54, 1.807) is 6.07 Å². The number of carbonyl (C=O) groups is 1. The monoisotopic (exact) mass is 402 g/mol. The number of nitrogens with zero attached hydrogens (tertiary/aromatic N) is 1. The Morgan fingerprint density at radius 2 is 2.15 bits per heavy atom. The molecule has 26 heavy (non-hydrogen) atoms. The summed E-state index contributed by atoms with van der Waals surface area (Å²) >= 11 is 5.92. The van der Waals surface area contributed by atoms with E-state index in [1.807, 2.05) is 24.0 Å². The van der Waals surface area contributed by atoms with Crippen molar-refractivity contribution in [2.24, 2.45) is 0 Å². The molecule has 1 fully saturated rings. The highest BCUT2D eigenvalue weighted by atomic mass is 35.5. The third kappa shape index (κ3) is 6.78. The molecule has 0 aromatic heterocycles. The second-order valence-corrected chi connectivity index (χ2v) is 8.99. The highest BCUT2D eigenvalue weighted by molar-refractivity contribution is 7.88. The van der Waals surface area contributed by atoms with Gasteiger partial charge in [-0.05, 0) is 56.4 Å². The summed E-state index contributed by atoms with van der Waals surface area (Å²) in [6, 6.07) is 5.39. The quantitative estimate of drug-likeness (QED) is 0.678. The lowest BCUT2D eigenvalue weighted by atomic mass is 10.0. The largest absolute Gasteiger partial charge is 0.493 e. The van der Waals surface area contributed by atoms with Gasteiger partial charge in [-0.2, -0.15) is 0 Å². The smallest absolute Gasteiger partial charge is 0.222 e. The number of rotatable bonds is 8. The molecule has 1 unspecified atom stereocenters. The zero-order valence-corrected chi connectivity index (χ0v) is 16.9. The van der Waals surface area contributed by atoms with E-state index in [9.17, 15) is 13.2 Å². The van der Waals surface area contributed by atoms with Crippen molar-refractivity contribution in [3.63, 3.8) is 0 Å². The number of halogens is 1. The molecule has 2 rings (SSSR count). The number of nitrogens with one attached hydrogen (secondary N) is 1. The van der Waals surface area contributed by atoms with Crippen LogP contribution < -0.4 is 9.46 Å². The molecule has 1 aliphatic rings. The van der Waals surface area contributed by atoms with Crippen LogP contribution in [0.5, 0.6) is 5.75 Å². The molecule has 1 N–H and O–H groups in total. The van der Waals surface area contributed by atoms with E-state index in [4.69, 9.17) is 16.3 Å². The van der Waals surface area contributed by atoms with Crippen LogP contribution in [0.4, 0.5) is 0 Å². The lowest BCUT2D eigenvalue weighted by molar-refractivity contribution is -0.134. The average molecular weight is 403 g/mol. The number of hydrogen-bond donors (Lipinski definition) is 1. The Morgan fingerprint density at radius 1 is 1.38 bits per heavy atom.